The second-order valence-corrected chi connectivity index (χ2v) is 29.3. The van der Waals surface area contributed by atoms with Gasteiger partial charge in [-0.25, -0.2) is 9.97 Å². The van der Waals surface area contributed by atoms with Crippen LogP contribution in [0.3, 0.4) is 0 Å². The summed E-state index contributed by atoms with van der Waals surface area (Å²) in [5.74, 6) is -5.74. The zero-order valence-electron chi connectivity index (χ0n) is 51.4. The molecular weight excluding hydrogens is 1170 g/mol. The molecule has 3 N–H and O–H groups in total. The Morgan fingerprint density at radius 3 is 1.59 bits per heavy atom. The lowest BCUT2D eigenvalue weighted by Gasteiger charge is -2.29. The minimum absolute atomic E-state index is 0.0173. The molecular formula is C66H85ClN4O14S2. The predicted molar refractivity (Wildman–Crippen MR) is 332 cm³/mol. The van der Waals surface area contributed by atoms with E-state index in [1.807, 2.05) is 61.6 Å². The van der Waals surface area contributed by atoms with Crippen LogP contribution in [0.2, 0.25) is 4.47 Å². The first kappa shape index (κ1) is 66.9. The van der Waals surface area contributed by atoms with Gasteiger partial charge in [0.2, 0.25) is 11.8 Å². The molecule has 21 heteroatoms. The fourth-order valence-electron chi connectivity index (χ4n) is 12.5. The number of benzene rings is 2. The van der Waals surface area contributed by atoms with Crippen molar-refractivity contribution in [1.82, 2.24) is 19.8 Å². The molecule has 0 spiro atoms. The molecule has 2 saturated carbocycles. The summed E-state index contributed by atoms with van der Waals surface area (Å²) in [6.45, 7) is 14.9. The predicted octanol–water partition coefficient (Wildman–Crippen LogP) is 12.0. The second kappa shape index (κ2) is 28.2. The van der Waals surface area contributed by atoms with Gasteiger partial charge in [0, 0.05) is 44.1 Å². The molecule has 2 aromatic carbocycles. The van der Waals surface area contributed by atoms with Gasteiger partial charge in [0.1, 0.15) is 17.3 Å². The molecule has 10 rings (SSSR count). The van der Waals surface area contributed by atoms with Crippen LogP contribution in [0, 0.1) is 48.3 Å². The van der Waals surface area contributed by atoms with Gasteiger partial charge in [-0.05, 0) is 154 Å². The number of carboxylic acid groups (broad SMARTS) is 2. The van der Waals surface area contributed by atoms with Crippen LogP contribution in [0.4, 0.5) is 0 Å². The number of thiazole rings is 2. The van der Waals surface area contributed by atoms with Gasteiger partial charge in [-0.2, -0.15) is 0 Å². The zero-order valence-corrected chi connectivity index (χ0v) is 53.7. The van der Waals surface area contributed by atoms with E-state index in [1.54, 1.807) is 46.4 Å². The van der Waals surface area contributed by atoms with Crippen molar-refractivity contribution < 1.29 is 67.9 Å². The number of nitrogens with zero attached hydrogens (tertiary/aromatic N) is 4. The molecule has 6 heterocycles. The molecule has 0 radical (unpaired) electrons. The fourth-order valence-corrected chi connectivity index (χ4v) is 14.6. The lowest BCUT2D eigenvalue weighted by molar-refractivity contribution is -0.159. The van der Waals surface area contributed by atoms with Crippen molar-refractivity contribution in [3.05, 3.63) is 76.3 Å². The van der Waals surface area contributed by atoms with E-state index in [4.69, 9.17) is 25.8 Å². The quantitative estimate of drug-likeness (QED) is 0.109. The van der Waals surface area contributed by atoms with Gasteiger partial charge in [-0.1, -0.05) is 85.1 Å². The Balaban J connectivity index is 0.000000196. The molecule has 18 nitrogen and oxygen atoms in total. The van der Waals surface area contributed by atoms with Crippen molar-refractivity contribution in [3.63, 3.8) is 0 Å². The van der Waals surface area contributed by atoms with Gasteiger partial charge in [0.15, 0.2) is 16.0 Å². The number of aliphatic hydroxyl groups is 1. The van der Waals surface area contributed by atoms with Crippen LogP contribution in [-0.2, 0) is 47.8 Å². The lowest BCUT2D eigenvalue weighted by Crippen LogP contribution is -2.45. The first-order chi connectivity index (χ1) is 41.0. The van der Waals surface area contributed by atoms with Crippen LogP contribution in [0.5, 0.6) is 5.19 Å². The number of allylic oxidation sites excluding steroid dienone is 4. The molecule has 4 aromatic rings. The molecule has 4 fully saturated rings. The van der Waals surface area contributed by atoms with Crippen molar-refractivity contribution in [2.24, 2.45) is 34.5 Å². The summed E-state index contributed by atoms with van der Waals surface area (Å²) in [5.41, 5.74) is 0.568. The standard InChI is InChI=1S/C33H42N2O7S.C25H37NO7.C8H6ClNS/c1-20-12-13-24-27(14-20)43-31(34-24)41-23-16-25-26(36)18-33(30(39)40)17-22(33)11-9-7-5-6-8-10-21(29(38)35(25)19-23)15-28(37)42-32(2,3)4;1-24(2,3)33-21(29)11-16-9-7-5-4-6-8-10-17-13-25(17,23(31)32)14-20(28)19-12-18(27)15-26(19)22(16)30;1-5-2-3-6-7(4-5)11-8(9)10-6/h9,11-14,21-23,25H,5-8,10,15-19H2,1-4H3,(H,39,40);8,10,16-19,27H,4-7,9,11-15H2,1-3H3,(H,31,32);2-4H,1H3/b11-9-;10-8-;/t21-,22-,23-,25+,33-;16-,17-,18-,19+,25-;/m11./s1. The number of aliphatic hydroxyl groups excluding tert-OH is 1. The number of hydrogen-bond acceptors (Lipinski definition) is 16. The number of rotatable bonds is 8. The molecule has 4 aliphatic heterocycles. The maximum Gasteiger partial charge on any atom is 0.310 e. The molecule has 2 amide bonds. The second-order valence-electron chi connectivity index (χ2n) is 26.7. The Morgan fingerprint density at radius 2 is 1.10 bits per heavy atom. The van der Waals surface area contributed by atoms with Crippen LogP contribution in [0.1, 0.15) is 168 Å². The number of ketones is 2. The van der Waals surface area contributed by atoms with E-state index < -0.39 is 82.0 Å². The summed E-state index contributed by atoms with van der Waals surface area (Å²) < 4.78 is 20.0. The minimum atomic E-state index is -1.14. The molecule has 87 heavy (non-hydrogen) atoms. The van der Waals surface area contributed by atoms with Gasteiger partial charge >= 0.3 is 23.9 Å². The van der Waals surface area contributed by atoms with Crippen LogP contribution >= 0.6 is 34.3 Å². The van der Waals surface area contributed by atoms with E-state index in [9.17, 15) is 53.7 Å². The topological polar surface area (TPSA) is 257 Å². The summed E-state index contributed by atoms with van der Waals surface area (Å²) in [6, 6.07) is 10.4. The molecule has 0 unspecified atom stereocenters. The molecule has 472 valence electrons. The van der Waals surface area contributed by atoms with Crippen molar-refractivity contribution in [1.29, 1.82) is 0 Å². The number of amides is 2. The van der Waals surface area contributed by atoms with Crippen LogP contribution in [0.25, 0.3) is 20.4 Å². The van der Waals surface area contributed by atoms with Gasteiger partial charge in [0.05, 0.1) is 68.8 Å². The van der Waals surface area contributed by atoms with Gasteiger partial charge in [0.25, 0.3) is 5.19 Å². The number of hydrogen-bond donors (Lipinski definition) is 3. The molecule has 2 aromatic heterocycles. The van der Waals surface area contributed by atoms with E-state index in [-0.39, 0.29) is 86.8 Å². The molecule has 10 atom stereocenters. The molecule has 2 aliphatic carbocycles. The number of carbonyl (C=O) groups is 8. The Bertz CT molecular complexity index is 3270. The molecule has 0 bridgehead atoms. The number of aliphatic carboxylic acids is 2. The number of ether oxygens (including phenoxy) is 3. The van der Waals surface area contributed by atoms with Crippen LogP contribution in [-0.4, -0.2) is 131 Å². The molecule has 6 aliphatic rings. The third kappa shape index (κ3) is 17.6. The number of Topliss-reactive ketones (excluding diaryl/α,β-unsaturated/α-hetero) is 2. The Kier molecular flexibility index (Phi) is 21.6. The van der Waals surface area contributed by atoms with Gasteiger partial charge in [-0.15, -0.1) is 11.3 Å². The minimum Gasteiger partial charge on any atom is -0.481 e. The average molecular weight is 1260 g/mol. The van der Waals surface area contributed by atoms with E-state index in [2.05, 4.69) is 23.0 Å². The number of carboxylic acids is 2. The van der Waals surface area contributed by atoms with Crippen molar-refractivity contribution in [2.75, 3.05) is 13.1 Å². The normalized spacial score (nSPS) is 28.9. The highest BCUT2D eigenvalue weighted by atomic mass is 35.5. The van der Waals surface area contributed by atoms with Crippen molar-refractivity contribution in [3.8, 4) is 5.19 Å². The summed E-state index contributed by atoms with van der Waals surface area (Å²) in [7, 11) is 0. The molecule has 2 saturated heterocycles. The third-order valence-corrected chi connectivity index (χ3v) is 19.2. The number of fused-ring (bicyclic) bond motifs is 6. The van der Waals surface area contributed by atoms with E-state index in [0.29, 0.717) is 35.3 Å². The zero-order chi connectivity index (χ0) is 63.2. The number of aryl methyl sites for hydroxylation is 2. The highest BCUT2D eigenvalue weighted by molar-refractivity contribution is 7.22. The fraction of sp³-hybridized carbons (Fsp3) is 0.606. The van der Waals surface area contributed by atoms with E-state index in [1.165, 1.54) is 33.1 Å². The highest BCUT2D eigenvalue weighted by Gasteiger charge is 2.62. The third-order valence-electron chi connectivity index (χ3n) is 17.2. The van der Waals surface area contributed by atoms with Crippen molar-refractivity contribution in [2.45, 2.75) is 206 Å². The first-order valence-electron chi connectivity index (χ1n) is 30.7. The van der Waals surface area contributed by atoms with Crippen LogP contribution in [0.15, 0.2) is 60.7 Å². The summed E-state index contributed by atoms with van der Waals surface area (Å²) >= 11 is 8.68. The monoisotopic (exact) mass is 1260 g/mol. The number of aromatic nitrogens is 2. The van der Waals surface area contributed by atoms with E-state index >= 15 is 0 Å². The van der Waals surface area contributed by atoms with Gasteiger partial charge < -0.3 is 39.3 Å². The average Bonchev–Trinajstić information content (AvgIpc) is 1.95. The SMILES string of the molecule is CC(C)(C)OC(=O)C[C@H]1CCCCC/C=C\[C@@H]2C[C@@]2(C(=O)O)CC(=O)[C@@H]2C[C@@H](O)CN2C1=O.Cc1ccc2nc(Cl)sc2c1.Cc1ccc2nc(O[C@@H]3C[C@H]4C(=O)C[C@]5(C(=O)O)C[C@H]5/C=C\CCCCC[C@H](CC(=O)OC(C)(C)C)C(=O)N4C3)sc2c1. The largest absolute Gasteiger partial charge is 0.481 e. The van der Waals surface area contributed by atoms with E-state index in [0.717, 1.165) is 77.4 Å². The first-order valence-corrected chi connectivity index (χ1v) is 32.7. The Labute approximate surface area is 522 Å². The summed E-state index contributed by atoms with van der Waals surface area (Å²) in [5, 5.41) is 30.7. The number of esters is 2. The lowest BCUT2D eigenvalue weighted by atomic mass is 9.91. The summed E-state index contributed by atoms with van der Waals surface area (Å²) in [4.78, 5) is 116. The number of halogens is 1. The summed E-state index contributed by atoms with van der Waals surface area (Å²) in [6.07, 6.45) is 15.0. The van der Waals surface area contributed by atoms with Crippen LogP contribution < -0.4 is 4.74 Å². The Morgan fingerprint density at radius 1 is 0.644 bits per heavy atom. The number of carbonyl (C=O) groups excluding carboxylic acids is 6. The Hall–Kier alpha value is -6.09. The highest BCUT2D eigenvalue weighted by Crippen LogP contribution is 2.58. The van der Waals surface area contributed by atoms with Gasteiger partial charge in [-0.3, -0.25) is 38.4 Å². The maximum absolute atomic E-state index is 14.2. The smallest absolute Gasteiger partial charge is 0.310 e. The maximum atomic E-state index is 14.2. The van der Waals surface area contributed by atoms with Crippen molar-refractivity contribution >= 4 is 102 Å².